The Kier molecular flexibility index (Phi) is 8.83. The molecule has 0 saturated heterocycles. The molecule has 0 spiro atoms. The van der Waals surface area contributed by atoms with E-state index in [1.807, 2.05) is 24.4 Å². The minimum atomic E-state index is 0. The van der Waals surface area contributed by atoms with Crippen molar-refractivity contribution in [1.82, 2.24) is 10.3 Å². The van der Waals surface area contributed by atoms with Crippen molar-refractivity contribution in [2.75, 3.05) is 33.1 Å². The third-order valence-electron chi connectivity index (χ3n) is 3.17. The highest BCUT2D eigenvalue weighted by Gasteiger charge is 2.06. The number of ether oxygens (including phenoxy) is 2. The highest BCUT2D eigenvalue weighted by atomic mass is 127. The molecule has 0 saturated carbocycles. The first kappa shape index (κ1) is 20.5. The Morgan fingerprint density at radius 2 is 2.00 bits per heavy atom. The fourth-order valence-electron chi connectivity index (χ4n) is 2.03. The molecule has 0 aliphatic carbocycles. The molecule has 1 aromatic carbocycles. The first-order valence-corrected chi connectivity index (χ1v) is 8.09. The largest absolute Gasteiger partial charge is 0.493 e. The highest BCUT2D eigenvalue weighted by Crippen LogP contribution is 2.29. The predicted molar refractivity (Wildman–Crippen MR) is 111 cm³/mol. The average Bonchev–Trinajstić information content (AvgIpc) is 2.99. The predicted octanol–water partition coefficient (Wildman–Crippen LogP) is 3.32. The second kappa shape index (κ2) is 10.3. The zero-order chi connectivity index (χ0) is 16.7. The molecule has 0 bridgehead atoms. The van der Waals surface area contributed by atoms with Crippen LogP contribution < -0.4 is 20.1 Å². The minimum Gasteiger partial charge on any atom is -0.493 e. The van der Waals surface area contributed by atoms with E-state index in [9.17, 15) is 0 Å². The number of aryl methyl sites for hydroxylation is 1. The third-order valence-corrected chi connectivity index (χ3v) is 4.14. The Balaban J connectivity index is 0.00000288. The molecule has 0 unspecified atom stereocenters. The van der Waals surface area contributed by atoms with Gasteiger partial charge in [0.2, 0.25) is 0 Å². The summed E-state index contributed by atoms with van der Waals surface area (Å²) in [5, 5.41) is 7.63. The smallest absolute Gasteiger partial charge is 0.195 e. The lowest BCUT2D eigenvalue weighted by molar-refractivity contribution is 0.355. The number of methoxy groups -OCH3 is 2. The molecule has 1 aromatic heterocycles. The molecule has 6 nitrogen and oxygen atoms in total. The molecule has 2 rings (SSSR count). The van der Waals surface area contributed by atoms with Crippen LogP contribution in [0, 0.1) is 6.92 Å². The maximum Gasteiger partial charge on any atom is 0.195 e. The van der Waals surface area contributed by atoms with Crippen molar-refractivity contribution >= 4 is 47.0 Å². The van der Waals surface area contributed by atoms with Gasteiger partial charge in [-0.3, -0.25) is 4.99 Å². The second-order valence-corrected chi connectivity index (χ2v) is 6.13. The number of aromatic nitrogens is 1. The van der Waals surface area contributed by atoms with Gasteiger partial charge in [-0.1, -0.05) is 0 Å². The summed E-state index contributed by atoms with van der Waals surface area (Å²) in [6, 6.07) is 5.64. The highest BCUT2D eigenvalue weighted by molar-refractivity contribution is 14.0. The molecule has 0 aliphatic rings. The number of halogens is 1. The fourth-order valence-corrected chi connectivity index (χ4v) is 2.82. The fraction of sp³-hybridized carbons (Fsp3) is 0.375. The molecule has 132 valence electrons. The standard InChI is InChI=1S/C16H22N4O2S.HI/c1-11-10-19-15(23-11)7-8-18-16(17-2)20-12-5-6-13(21-3)14(9-12)22-4;/h5-6,9-10H,7-8H2,1-4H3,(H2,17,18,20);1H. The van der Waals surface area contributed by atoms with E-state index in [4.69, 9.17) is 9.47 Å². The van der Waals surface area contributed by atoms with E-state index < -0.39 is 0 Å². The van der Waals surface area contributed by atoms with Crippen molar-refractivity contribution in [3.8, 4) is 11.5 Å². The maximum atomic E-state index is 5.30. The van der Waals surface area contributed by atoms with Crippen LogP contribution >= 0.6 is 35.3 Å². The van der Waals surface area contributed by atoms with Gasteiger partial charge in [0, 0.05) is 42.8 Å². The summed E-state index contributed by atoms with van der Waals surface area (Å²) >= 11 is 1.72. The number of aliphatic imine (C=N–C) groups is 1. The lowest BCUT2D eigenvalue weighted by Gasteiger charge is -2.13. The number of anilines is 1. The van der Waals surface area contributed by atoms with Crippen molar-refractivity contribution in [2.24, 2.45) is 4.99 Å². The molecular weight excluding hydrogens is 439 g/mol. The number of thiazole rings is 1. The van der Waals surface area contributed by atoms with E-state index in [1.54, 1.807) is 32.6 Å². The van der Waals surface area contributed by atoms with Crippen molar-refractivity contribution in [2.45, 2.75) is 13.3 Å². The summed E-state index contributed by atoms with van der Waals surface area (Å²) in [6.45, 7) is 2.83. The molecule has 0 radical (unpaired) electrons. The minimum absolute atomic E-state index is 0. The van der Waals surface area contributed by atoms with Crippen molar-refractivity contribution in [3.63, 3.8) is 0 Å². The first-order chi connectivity index (χ1) is 11.2. The second-order valence-electron chi connectivity index (χ2n) is 4.81. The summed E-state index contributed by atoms with van der Waals surface area (Å²) in [5.41, 5.74) is 0.876. The van der Waals surface area contributed by atoms with Gasteiger partial charge in [0.1, 0.15) is 0 Å². The average molecular weight is 462 g/mol. The molecular formula is C16H23IN4O2S. The van der Waals surface area contributed by atoms with E-state index in [0.717, 1.165) is 23.7 Å². The number of benzene rings is 1. The van der Waals surface area contributed by atoms with Crippen LogP contribution in [0.2, 0.25) is 0 Å². The maximum absolute atomic E-state index is 5.30. The topological polar surface area (TPSA) is 67.8 Å². The van der Waals surface area contributed by atoms with Crippen LogP contribution in [-0.2, 0) is 6.42 Å². The van der Waals surface area contributed by atoms with Crippen LogP contribution in [0.4, 0.5) is 5.69 Å². The first-order valence-electron chi connectivity index (χ1n) is 7.27. The van der Waals surface area contributed by atoms with Gasteiger partial charge in [-0.25, -0.2) is 4.98 Å². The lowest BCUT2D eigenvalue weighted by atomic mass is 10.3. The molecule has 0 fully saturated rings. The van der Waals surface area contributed by atoms with Gasteiger partial charge < -0.3 is 20.1 Å². The lowest BCUT2D eigenvalue weighted by Crippen LogP contribution is -2.32. The Morgan fingerprint density at radius 1 is 1.25 bits per heavy atom. The summed E-state index contributed by atoms with van der Waals surface area (Å²) in [5.74, 6) is 2.07. The SMILES string of the molecule is CN=C(NCCc1ncc(C)s1)Nc1ccc(OC)c(OC)c1.I. The van der Waals surface area contributed by atoms with Crippen LogP contribution in [0.25, 0.3) is 0 Å². The zero-order valence-electron chi connectivity index (χ0n) is 14.3. The van der Waals surface area contributed by atoms with Gasteiger partial charge in [0.15, 0.2) is 17.5 Å². The molecule has 1 heterocycles. The number of hydrogen-bond acceptors (Lipinski definition) is 5. The molecule has 24 heavy (non-hydrogen) atoms. The van der Waals surface area contributed by atoms with Gasteiger partial charge in [-0.15, -0.1) is 35.3 Å². The molecule has 8 heteroatoms. The normalized spacial score (nSPS) is 10.8. The number of nitrogens with one attached hydrogen (secondary N) is 2. The van der Waals surface area contributed by atoms with Crippen LogP contribution in [0.1, 0.15) is 9.88 Å². The van der Waals surface area contributed by atoms with E-state index in [2.05, 4.69) is 27.5 Å². The summed E-state index contributed by atoms with van der Waals surface area (Å²) in [7, 11) is 4.97. The Morgan fingerprint density at radius 3 is 2.58 bits per heavy atom. The number of rotatable bonds is 6. The van der Waals surface area contributed by atoms with Crippen LogP contribution in [-0.4, -0.2) is 38.8 Å². The zero-order valence-corrected chi connectivity index (χ0v) is 17.4. The molecule has 2 aromatic rings. The number of nitrogens with zero attached hydrogens (tertiary/aromatic N) is 2. The Hall–Kier alpha value is -1.55. The Bertz CT molecular complexity index is 676. The van der Waals surface area contributed by atoms with Gasteiger partial charge >= 0.3 is 0 Å². The molecule has 0 aliphatic heterocycles. The summed E-state index contributed by atoms with van der Waals surface area (Å²) in [6.07, 6.45) is 2.77. The summed E-state index contributed by atoms with van der Waals surface area (Å²) in [4.78, 5) is 9.80. The van der Waals surface area contributed by atoms with E-state index in [1.165, 1.54) is 4.88 Å². The Labute approximate surface area is 163 Å². The molecule has 0 atom stereocenters. The van der Waals surface area contributed by atoms with Crippen LogP contribution in [0.3, 0.4) is 0 Å². The van der Waals surface area contributed by atoms with Gasteiger partial charge in [-0.2, -0.15) is 0 Å². The molecule has 0 amide bonds. The van der Waals surface area contributed by atoms with E-state index in [-0.39, 0.29) is 24.0 Å². The van der Waals surface area contributed by atoms with Gasteiger partial charge in [0.25, 0.3) is 0 Å². The molecule has 2 N–H and O–H groups in total. The van der Waals surface area contributed by atoms with Crippen molar-refractivity contribution < 1.29 is 9.47 Å². The quantitative estimate of drug-likeness (QED) is 0.392. The van der Waals surface area contributed by atoms with E-state index in [0.29, 0.717) is 17.5 Å². The van der Waals surface area contributed by atoms with E-state index >= 15 is 0 Å². The number of hydrogen-bond donors (Lipinski definition) is 2. The van der Waals surface area contributed by atoms with Gasteiger partial charge in [0.05, 0.1) is 19.2 Å². The van der Waals surface area contributed by atoms with Crippen molar-refractivity contribution in [3.05, 3.63) is 34.3 Å². The monoisotopic (exact) mass is 462 g/mol. The third kappa shape index (κ3) is 5.82. The van der Waals surface area contributed by atoms with Crippen molar-refractivity contribution in [1.29, 1.82) is 0 Å². The van der Waals surface area contributed by atoms with Gasteiger partial charge in [-0.05, 0) is 19.1 Å². The van der Waals surface area contributed by atoms with Crippen LogP contribution in [0.15, 0.2) is 29.4 Å². The number of guanidine groups is 1. The summed E-state index contributed by atoms with van der Waals surface area (Å²) < 4.78 is 10.5. The van der Waals surface area contributed by atoms with Crippen LogP contribution in [0.5, 0.6) is 11.5 Å².